The Balaban J connectivity index is 1.51. The summed E-state index contributed by atoms with van der Waals surface area (Å²) in [5.41, 5.74) is 2.08. The Morgan fingerprint density at radius 2 is 1.92 bits per heavy atom. The van der Waals surface area contributed by atoms with Gasteiger partial charge in [-0.2, -0.15) is 0 Å². The number of para-hydroxylation sites is 1. The summed E-state index contributed by atoms with van der Waals surface area (Å²) < 4.78 is 6.39. The van der Waals surface area contributed by atoms with Crippen molar-refractivity contribution >= 4 is 0 Å². The van der Waals surface area contributed by atoms with Crippen molar-refractivity contribution in [3.05, 3.63) is 59.9 Å². The smallest absolute Gasteiger partial charge is 0.124 e. The first-order chi connectivity index (χ1) is 11.8. The van der Waals surface area contributed by atoms with Crippen LogP contribution in [-0.2, 0) is 0 Å². The maximum atomic E-state index is 10.4. The molecular weight excluding hydrogens is 300 g/mol. The molecule has 2 heterocycles. The quantitative estimate of drug-likeness (QED) is 0.903. The molecule has 0 amide bonds. The van der Waals surface area contributed by atoms with Crippen LogP contribution in [0.15, 0.2) is 48.8 Å². The highest BCUT2D eigenvalue weighted by atomic mass is 16.5. The number of nitrogens with zero attached hydrogens (tertiary/aromatic N) is 1. The molecule has 2 N–H and O–H groups in total. The van der Waals surface area contributed by atoms with Crippen molar-refractivity contribution in [3.63, 3.8) is 0 Å². The van der Waals surface area contributed by atoms with E-state index in [1.54, 1.807) is 12.4 Å². The van der Waals surface area contributed by atoms with Crippen molar-refractivity contribution in [2.75, 3.05) is 6.54 Å². The number of fused-ring (bicyclic) bond motifs is 1. The van der Waals surface area contributed by atoms with Crippen LogP contribution in [0.1, 0.15) is 55.4 Å². The SMILES string of the molecule is OC(CNC1CC2(CCCC2)Oc2ccccc21)c1ccncc1. The standard InChI is InChI=1S/C20H24N2O2/c23-18(15-7-11-21-12-8-15)14-22-17-13-20(9-3-4-10-20)24-19-6-2-1-5-16(17)19/h1-2,5-8,11-12,17-18,22-23H,3-4,9-10,13-14H2. The summed E-state index contributed by atoms with van der Waals surface area (Å²) in [5.74, 6) is 1.00. The van der Waals surface area contributed by atoms with Gasteiger partial charge in [0.05, 0.1) is 6.10 Å². The lowest BCUT2D eigenvalue weighted by Crippen LogP contribution is -2.42. The summed E-state index contributed by atoms with van der Waals surface area (Å²) in [6.07, 6.45) is 8.64. The van der Waals surface area contributed by atoms with Crippen molar-refractivity contribution in [2.24, 2.45) is 0 Å². The molecule has 4 rings (SSSR count). The Morgan fingerprint density at radius 1 is 1.17 bits per heavy atom. The fourth-order valence-corrected chi connectivity index (χ4v) is 4.08. The van der Waals surface area contributed by atoms with E-state index >= 15 is 0 Å². The van der Waals surface area contributed by atoms with Gasteiger partial charge in [0, 0.05) is 37.0 Å². The molecule has 1 aliphatic heterocycles. The van der Waals surface area contributed by atoms with E-state index in [0.29, 0.717) is 6.54 Å². The van der Waals surface area contributed by atoms with Crippen LogP contribution in [0.4, 0.5) is 0 Å². The van der Waals surface area contributed by atoms with Crippen LogP contribution in [0.25, 0.3) is 0 Å². The van der Waals surface area contributed by atoms with Crippen LogP contribution >= 0.6 is 0 Å². The maximum Gasteiger partial charge on any atom is 0.124 e. The lowest BCUT2D eigenvalue weighted by Gasteiger charge is -2.40. The minimum atomic E-state index is -0.525. The van der Waals surface area contributed by atoms with E-state index < -0.39 is 6.10 Å². The van der Waals surface area contributed by atoms with Crippen LogP contribution in [0.5, 0.6) is 5.75 Å². The van der Waals surface area contributed by atoms with Crippen LogP contribution in [0, 0.1) is 0 Å². The molecule has 1 spiro atoms. The molecule has 2 atom stereocenters. The Bertz CT molecular complexity index is 683. The highest BCUT2D eigenvalue weighted by Crippen LogP contribution is 2.47. The van der Waals surface area contributed by atoms with E-state index in [1.807, 2.05) is 18.2 Å². The van der Waals surface area contributed by atoms with E-state index in [9.17, 15) is 5.11 Å². The van der Waals surface area contributed by atoms with Crippen LogP contribution < -0.4 is 10.1 Å². The number of pyridine rings is 1. The molecule has 24 heavy (non-hydrogen) atoms. The summed E-state index contributed by atoms with van der Waals surface area (Å²) in [5, 5.41) is 14.0. The molecule has 1 saturated carbocycles. The minimum absolute atomic E-state index is 0.0202. The van der Waals surface area contributed by atoms with Crippen LogP contribution in [-0.4, -0.2) is 22.2 Å². The molecule has 0 saturated heterocycles. The first-order valence-electron chi connectivity index (χ1n) is 8.85. The van der Waals surface area contributed by atoms with E-state index in [4.69, 9.17) is 4.74 Å². The number of hydrogen-bond acceptors (Lipinski definition) is 4. The second-order valence-electron chi connectivity index (χ2n) is 6.99. The third-order valence-corrected chi connectivity index (χ3v) is 5.36. The average Bonchev–Trinajstić information content (AvgIpc) is 3.07. The maximum absolute atomic E-state index is 10.4. The van der Waals surface area contributed by atoms with Gasteiger partial charge in [0.2, 0.25) is 0 Å². The average molecular weight is 324 g/mol. The molecular formula is C20H24N2O2. The van der Waals surface area contributed by atoms with Crippen molar-refractivity contribution < 1.29 is 9.84 Å². The molecule has 1 aromatic carbocycles. The van der Waals surface area contributed by atoms with Crippen LogP contribution in [0.2, 0.25) is 0 Å². The largest absolute Gasteiger partial charge is 0.487 e. The summed E-state index contributed by atoms with van der Waals surface area (Å²) in [7, 11) is 0. The van der Waals surface area contributed by atoms with E-state index in [2.05, 4.69) is 28.5 Å². The Labute approximate surface area is 142 Å². The molecule has 126 valence electrons. The van der Waals surface area contributed by atoms with Crippen LogP contribution in [0.3, 0.4) is 0 Å². The van der Waals surface area contributed by atoms with Gasteiger partial charge < -0.3 is 15.2 Å². The second-order valence-corrected chi connectivity index (χ2v) is 6.99. The zero-order valence-electron chi connectivity index (χ0n) is 13.8. The normalized spacial score (nSPS) is 22.8. The van der Waals surface area contributed by atoms with Crippen molar-refractivity contribution in [3.8, 4) is 5.75 Å². The molecule has 0 bridgehead atoms. The first-order valence-corrected chi connectivity index (χ1v) is 8.85. The van der Waals surface area contributed by atoms with Crippen molar-refractivity contribution in [1.29, 1.82) is 0 Å². The molecule has 0 radical (unpaired) electrons. The van der Waals surface area contributed by atoms with Gasteiger partial charge in [0.25, 0.3) is 0 Å². The lowest BCUT2D eigenvalue weighted by molar-refractivity contribution is 0.0341. The van der Waals surface area contributed by atoms with Gasteiger partial charge in [0.1, 0.15) is 11.4 Å². The van der Waals surface area contributed by atoms with Crippen molar-refractivity contribution in [2.45, 2.75) is 49.9 Å². The molecule has 4 nitrogen and oxygen atoms in total. The summed E-state index contributed by atoms with van der Waals surface area (Å²) in [4.78, 5) is 4.01. The minimum Gasteiger partial charge on any atom is -0.487 e. The zero-order chi connectivity index (χ0) is 16.4. The molecule has 4 heteroatoms. The molecule has 2 unspecified atom stereocenters. The van der Waals surface area contributed by atoms with E-state index in [0.717, 1.165) is 30.6 Å². The fraction of sp³-hybridized carbons (Fsp3) is 0.450. The molecule has 1 aromatic heterocycles. The van der Waals surface area contributed by atoms with Gasteiger partial charge in [-0.05, 0) is 49.4 Å². The number of aromatic nitrogens is 1. The monoisotopic (exact) mass is 324 g/mol. The Kier molecular flexibility index (Phi) is 4.25. The van der Waals surface area contributed by atoms with E-state index in [1.165, 1.54) is 18.4 Å². The van der Waals surface area contributed by atoms with Gasteiger partial charge >= 0.3 is 0 Å². The van der Waals surface area contributed by atoms with Gasteiger partial charge in [-0.25, -0.2) is 0 Å². The summed E-state index contributed by atoms with van der Waals surface area (Å²) in [6.45, 7) is 0.527. The predicted molar refractivity (Wildman–Crippen MR) is 92.8 cm³/mol. The molecule has 2 aromatic rings. The van der Waals surface area contributed by atoms with Gasteiger partial charge in [-0.15, -0.1) is 0 Å². The summed E-state index contributed by atoms with van der Waals surface area (Å²) >= 11 is 0. The number of rotatable bonds is 4. The van der Waals surface area contributed by atoms with E-state index in [-0.39, 0.29) is 11.6 Å². The number of aliphatic hydroxyl groups excluding tert-OH is 1. The third kappa shape index (κ3) is 3.04. The lowest BCUT2D eigenvalue weighted by atomic mass is 9.86. The highest BCUT2D eigenvalue weighted by Gasteiger charge is 2.42. The zero-order valence-corrected chi connectivity index (χ0v) is 13.8. The number of ether oxygens (including phenoxy) is 1. The summed E-state index contributed by atoms with van der Waals surface area (Å²) in [6, 6.07) is 12.3. The molecule has 1 fully saturated rings. The second kappa shape index (κ2) is 6.54. The van der Waals surface area contributed by atoms with Gasteiger partial charge in [0.15, 0.2) is 0 Å². The number of aliphatic hydroxyl groups is 1. The number of nitrogens with one attached hydrogen (secondary N) is 1. The molecule has 2 aliphatic rings. The highest BCUT2D eigenvalue weighted by molar-refractivity contribution is 5.39. The number of hydrogen-bond donors (Lipinski definition) is 2. The topological polar surface area (TPSA) is 54.4 Å². The van der Waals surface area contributed by atoms with Gasteiger partial charge in [-0.1, -0.05) is 18.2 Å². The van der Waals surface area contributed by atoms with Crippen molar-refractivity contribution in [1.82, 2.24) is 10.3 Å². The fourth-order valence-electron chi connectivity index (χ4n) is 4.08. The van der Waals surface area contributed by atoms with Gasteiger partial charge in [-0.3, -0.25) is 4.98 Å². The first kappa shape index (κ1) is 15.6. The molecule has 1 aliphatic carbocycles. The Morgan fingerprint density at radius 3 is 2.71 bits per heavy atom. The number of benzene rings is 1. The predicted octanol–water partition coefficient (Wildman–Crippen LogP) is 3.54. The Hall–Kier alpha value is -1.91. The third-order valence-electron chi connectivity index (χ3n) is 5.36.